The van der Waals surface area contributed by atoms with E-state index >= 15 is 0 Å². The summed E-state index contributed by atoms with van der Waals surface area (Å²) in [4.78, 5) is 12.2. The largest absolute Gasteiger partial charge is 0.377 e. The predicted octanol–water partition coefficient (Wildman–Crippen LogP) is 2.09. The number of carbonyl (C=O) groups excluding carboxylic acids is 1. The summed E-state index contributed by atoms with van der Waals surface area (Å²) in [6.07, 6.45) is 2.94. The van der Waals surface area contributed by atoms with Gasteiger partial charge in [-0.15, -0.1) is 0 Å². The van der Waals surface area contributed by atoms with E-state index in [2.05, 4.69) is 35.1 Å². The van der Waals surface area contributed by atoms with Gasteiger partial charge in [0.05, 0.1) is 12.0 Å². The Morgan fingerprint density at radius 2 is 2.33 bits per heavy atom. The van der Waals surface area contributed by atoms with Crippen LogP contribution in [0.1, 0.15) is 33.1 Å². The van der Waals surface area contributed by atoms with Gasteiger partial charge in [0.15, 0.2) is 0 Å². The van der Waals surface area contributed by atoms with Gasteiger partial charge in [-0.25, -0.2) is 0 Å². The van der Waals surface area contributed by atoms with Crippen molar-refractivity contribution in [1.29, 1.82) is 0 Å². The summed E-state index contributed by atoms with van der Waals surface area (Å²) >= 11 is 3.50. The van der Waals surface area contributed by atoms with Crippen LogP contribution in [0.2, 0.25) is 0 Å². The Morgan fingerprint density at radius 3 is 2.93 bits per heavy atom. The van der Waals surface area contributed by atoms with Crippen LogP contribution in [0.3, 0.4) is 0 Å². The summed E-state index contributed by atoms with van der Waals surface area (Å²) in [6.45, 7) is 5.60. The summed E-state index contributed by atoms with van der Waals surface area (Å²) in [5.74, 6) is 0.212. The number of ether oxygens (including phenoxy) is 1. The molecule has 0 aromatic rings. The molecule has 1 amide bonds. The summed E-state index contributed by atoms with van der Waals surface area (Å²) in [5, 5.41) is 2.97. The van der Waals surface area contributed by atoms with E-state index in [0.717, 1.165) is 25.9 Å². The van der Waals surface area contributed by atoms with E-state index in [4.69, 9.17) is 4.74 Å². The van der Waals surface area contributed by atoms with Gasteiger partial charge in [0.1, 0.15) is 0 Å². The molecule has 0 bridgehead atoms. The molecule has 1 heterocycles. The van der Waals surface area contributed by atoms with Gasteiger partial charge < -0.3 is 10.1 Å². The first-order chi connectivity index (χ1) is 7.19. The quantitative estimate of drug-likeness (QED) is 0.782. The summed E-state index contributed by atoms with van der Waals surface area (Å²) in [6, 6.07) is 0. The number of halogens is 1. The van der Waals surface area contributed by atoms with Crippen LogP contribution in [0.4, 0.5) is 0 Å². The third kappa shape index (κ3) is 3.76. The number of carbonyl (C=O) groups is 1. The van der Waals surface area contributed by atoms with Crippen molar-refractivity contribution in [2.45, 2.75) is 44.0 Å². The first kappa shape index (κ1) is 13.0. The van der Waals surface area contributed by atoms with E-state index in [9.17, 15) is 4.79 Å². The van der Waals surface area contributed by atoms with E-state index in [1.807, 2.05) is 0 Å². The van der Waals surface area contributed by atoms with E-state index in [1.54, 1.807) is 0 Å². The lowest BCUT2D eigenvalue weighted by Gasteiger charge is -2.17. The zero-order valence-electron chi connectivity index (χ0n) is 9.46. The average molecular weight is 278 g/mol. The second-order valence-corrected chi connectivity index (χ2v) is 5.26. The monoisotopic (exact) mass is 277 g/mol. The first-order valence-corrected chi connectivity index (χ1v) is 6.64. The molecule has 0 aromatic heterocycles. The van der Waals surface area contributed by atoms with Gasteiger partial charge in [0.2, 0.25) is 5.91 Å². The van der Waals surface area contributed by atoms with Gasteiger partial charge in [-0.05, 0) is 19.3 Å². The molecule has 1 rings (SSSR count). The maximum Gasteiger partial charge on any atom is 0.225 e. The number of rotatable bonds is 5. The lowest BCUT2D eigenvalue weighted by Crippen LogP contribution is -2.37. The van der Waals surface area contributed by atoms with E-state index < -0.39 is 0 Å². The van der Waals surface area contributed by atoms with Crippen LogP contribution in [-0.2, 0) is 9.53 Å². The van der Waals surface area contributed by atoms with Crippen molar-refractivity contribution >= 4 is 21.8 Å². The molecule has 1 saturated heterocycles. The van der Waals surface area contributed by atoms with Crippen molar-refractivity contribution in [3.05, 3.63) is 0 Å². The Morgan fingerprint density at radius 1 is 1.60 bits per heavy atom. The van der Waals surface area contributed by atoms with E-state index in [0.29, 0.717) is 11.4 Å². The maximum atomic E-state index is 11.8. The summed E-state index contributed by atoms with van der Waals surface area (Å²) in [5.41, 5.74) is 0. The van der Waals surface area contributed by atoms with Crippen molar-refractivity contribution < 1.29 is 9.53 Å². The minimum absolute atomic E-state index is 0.0616. The zero-order valence-corrected chi connectivity index (χ0v) is 11.0. The van der Waals surface area contributed by atoms with Gasteiger partial charge in [-0.1, -0.05) is 29.8 Å². The molecule has 15 heavy (non-hydrogen) atoms. The van der Waals surface area contributed by atoms with Crippen molar-refractivity contribution in [1.82, 2.24) is 5.32 Å². The molecule has 0 spiro atoms. The minimum atomic E-state index is 0.0616. The average Bonchev–Trinajstić information content (AvgIpc) is 2.73. The Hall–Kier alpha value is -0.0900. The van der Waals surface area contributed by atoms with Crippen LogP contribution in [-0.4, -0.2) is 30.0 Å². The molecular weight excluding hydrogens is 258 g/mol. The van der Waals surface area contributed by atoms with Crippen molar-refractivity contribution in [3.8, 4) is 0 Å². The van der Waals surface area contributed by atoms with Crippen LogP contribution in [0.5, 0.6) is 0 Å². The van der Waals surface area contributed by atoms with Crippen LogP contribution < -0.4 is 5.32 Å². The molecule has 1 N–H and O–H groups in total. The van der Waals surface area contributed by atoms with Crippen molar-refractivity contribution in [2.75, 3.05) is 13.2 Å². The molecule has 1 aliphatic heterocycles. The zero-order chi connectivity index (χ0) is 11.3. The standard InChI is InChI=1S/C11H20BrNO2/c1-3-8(12)7-13-11(14)9-5-6-15-10(9)4-2/h8-10H,3-7H2,1-2H3,(H,13,14). The SMILES string of the molecule is CCC(Br)CNC(=O)C1CCOC1CC. The second-order valence-electron chi connectivity index (χ2n) is 3.96. The molecule has 3 atom stereocenters. The normalized spacial score (nSPS) is 27.7. The molecule has 1 fully saturated rings. The number of nitrogens with one attached hydrogen (secondary N) is 1. The molecular formula is C11H20BrNO2. The Balaban J connectivity index is 2.33. The molecule has 0 aromatic carbocycles. The van der Waals surface area contributed by atoms with Gasteiger partial charge in [0, 0.05) is 18.0 Å². The van der Waals surface area contributed by atoms with E-state index in [1.165, 1.54) is 0 Å². The third-order valence-corrected chi connectivity index (χ3v) is 3.86. The molecule has 1 aliphatic rings. The fourth-order valence-electron chi connectivity index (χ4n) is 1.84. The van der Waals surface area contributed by atoms with Gasteiger partial charge in [-0.3, -0.25) is 4.79 Å². The lowest BCUT2D eigenvalue weighted by atomic mass is 9.99. The molecule has 3 unspecified atom stereocenters. The second kappa shape index (κ2) is 6.48. The highest BCUT2D eigenvalue weighted by Gasteiger charge is 2.32. The van der Waals surface area contributed by atoms with Gasteiger partial charge >= 0.3 is 0 Å². The van der Waals surface area contributed by atoms with Gasteiger partial charge in [-0.2, -0.15) is 0 Å². The highest BCUT2D eigenvalue weighted by atomic mass is 79.9. The van der Waals surface area contributed by atoms with Crippen molar-refractivity contribution in [3.63, 3.8) is 0 Å². The number of hydrogen-bond acceptors (Lipinski definition) is 2. The van der Waals surface area contributed by atoms with Gasteiger partial charge in [0.25, 0.3) is 0 Å². The topological polar surface area (TPSA) is 38.3 Å². The van der Waals surface area contributed by atoms with Crippen LogP contribution >= 0.6 is 15.9 Å². The molecule has 0 saturated carbocycles. The highest BCUT2D eigenvalue weighted by molar-refractivity contribution is 9.09. The summed E-state index contributed by atoms with van der Waals surface area (Å²) in [7, 11) is 0. The van der Waals surface area contributed by atoms with E-state index in [-0.39, 0.29) is 17.9 Å². The molecule has 0 aliphatic carbocycles. The lowest BCUT2D eigenvalue weighted by molar-refractivity contribution is -0.126. The fraction of sp³-hybridized carbons (Fsp3) is 0.909. The predicted molar refractivity (Wildman–Crippen MR) is 64.2 cm³/mol. The third-order valence-electron chi connectivity index (χ3n) is 2.89. The molecule has 0 radical (unpaired) electrons. The van der Waals surface area contributed by atoms with Crippen molar-refractivity contribution in [2.24, 2.45) is 5.92 Å². The van der Waals surface area contributed by atoms with Crippen LogP contribution in [0.15, 0.2) is 0 Å². The smallest absolute Gasteiger partial charge is 0.225 e. The van der Waals surface area contributed by atoms with Crippen LogP contribution in [0.25, 0.3) is 0 Å². The minimum Gasteiger partial charge on any atom is -0.377 e. The maximum absolute atomic E-state index is 11.8. The summed E-state index contributed by atoms with van der Waals surface area (Å²) < 4.78 is 5.50. The number of alkyl halides is 1. The Kier molecular flexibility index (Phi) is 5.61. The number of amides is 1. The highest BCUT2D eigenvalue weighted by Crippen LogP contribution is 2.23. The number of hydrogen-bond donors (Lipinski definition) is 1. The molecule has 4 heteroatoms. The fourth-order valence-corrected chi connectivity index (χ4v) is 2.00. The van der Waals surface area contributed by atoms with Crippen LogP contribution in [0, 0.1) is 5.92 Å². The Labute approximate surface area is 100 Å². The molecule has 3 nitrogen and oxygen atoms in total. The first-order valence-electron chi connectivity index (χ1n) is 5.72. The Bertz CT molecular complexity index is 211. The molecule has 88 valence electrons.